The highest BCUT2D eigenvalue weighted by Crippen LogP contribution is 2.42. The van der Waals surface area contributed by atoms with Gasteiger partial charge in [0.25, 0.3) is 0 Å². The minimum Gasteiger partial charge on any atom is -0.349 e. The Balaban J connectivity index is 1.56. The van der Waals surface area contributed by atoms with E-state index >= 15 is 4.39 Å². The summed E-state index contributed by atoms with van der Waals surface area (Å²) in [6, 6.07) is 5.94. The molecule has 2 fully saturated rings. The number of hydrogen-bond acceptors (Lipinski definition) is 8. The van der Waals surface area contributed by atoms with E-state index in [1.54, 1.807) is 0 Å². The van der Waals surface area contributed by atoms with Crippen LogP contribution in [0.25, 0.3) is 32.9 Å². The second-order valence-corrected chi connectivity index (χ2v) is 12.6. The quantitative estimate of drug-likeness (QED) is 0.311. The fourth-order valence-electron chi connectivity index (χ4n) is 6.58. The molecule has 4 aromatic rings. The van der Waals surface area contributed by atoms with Crippen LogP contribution in [-0.2, 0) is 9.59 Å². The third-order valence-corrected chi connectivity index (χ3v) is 9.17. The van der Waals surface area contributed by atoms with Gasteiger partial charge in [0.2, 0.25) is 17.8 Å². The van der Waals surface area contributed by atoms with Crippen molar-refractivity contribution in [2.75, 3.05) is 55.4 Å². The molecule has 0 spiro atoms. The van der Waals surface area contributed by atoms with Gasteiger partial charge in [-0.05, 0) is 71.1 Å². The Hall–Kier alpha value is -4.58. The maximum atomic E-state index is 17.2. The molecule has 11 nitrogen and oxygen atoms in total. The lowest BCUT2D eigenvalue weighted by molar-refractivity contribution is -0.128. The molecule has 2 N–H and O–H groups in total. The van der Waals surface area contributed by atoms with Crippen molar-refractivity contribution < 1.29 is 14.0 Å². The summed E-state index contributed by atoms with van der Waals surface area (Å²) in [4.78, 5) is 42.8. The molecule has 6 rings (SSSR count). The van der Waals surface area contributed by atoms with Crippen LogP contribution >= 0.6 is 0 Å². The molecule has 0 aliphatic carbocycles. The normalized spacial score (nSPS) is 19.0. The monoisotopic (exact) mass is 613 g/mol. The number of piperazine rings is 1. The number of carbonyl (C=O) groups is 2. The number of aromatic amines is 1. The maximum absolute atomic E-state index is 17.2. The zero-order valence-corrected chi connectivity index (χ0v) is 26.9. The van der Waals surface area contributed by atoms with E-state index in [4.69, 9.17) is 9.97 Å². The van der Waals surface area contributed by atoms with Crippen LogP contribution in [0.3, 0.4) is 0 Å². The van der Waals surface area contributed by atoms with Crippen LogP contribution in [-0.4, -0.2) is 100 Å². The number of likely N-dealkylation sites (N-methyl/N-ethyl adjacent to an activating group) is 1. The van der Waals surface area contributed by atoms with Gasteiger partial charge in [-0.25, -0.2) is 9.37 Å². The highest BCUT2D eigenvalue weighted by atomic mass is 19.1. The number of anilines is 3. The highest BCUT2D eigenvalue weighted by molar-refractivity contribution is 6.09. The molecule has 0 saturated carbocycles. The average Bonchev–Trinajstić information content (AvgIpc) is 3.35. The number of H-pyrrole nitrogens is 1. The van der Waals surface area contributed by atoms with Crippen molar-refractivity contribution in [1.82, 2.24) is 30.0 Å². The number of amides is 2. The molecule has 0 unspecified atom stereocenters. The molecule has 0 radical (unpaired) electrons. The van der Waals surface area contributed by atoms with Crippen LogP contribution < -0.4 is 15.1 Å². The molecule has 2 amide bonds. The molecular formula is C33H40FN9O2. The Morgan fingerprint density at radius 3 is 2.47 bits per heavy atom. The molecule has 2 atom stereocenters. The van der Waals surface area contributed by atoms with Crippen molar-refractivity contribution in [3.8, 4) is 11.1 Å². The predicted molar refractivity (Wildman–Crippen MR) is 176 cm³/mol. The van der Waals surface area contributed by atoms with E-state index in [0.717, 1.165) is 18.7 Å². The minimum atomic E-state index is -0.452. The van der Waals surface area contributed by atoms with Crippen molar-refractivity contribution in [3.05, 3.63) is 47.8 Å². The van der Waals surface area contributed by atoms with Gasteiger partial charge in [-0.15, -0.1) is 0 Å². The largest absolute Gasteiger partial charge is 0.349 e. The van der Waals surface area contributed by atoms with Crippen LogP contribution in [0, 0.1) is 19.7 Å². The first kappa shape index (κ1) is 30.4. The Bertz CT molecular complexity index is 1850. The van der Waals surface area contributed by atoms with Crippen molar-refractivity contribution in [2.24, 2.45) is 0 Å². The van der Waals surface area contributed by atoms with Crippen molar-refractivity contribution in [3.63, 3.8) is 0 Å². The third kappa shape index (κ3) is 5.16. The number of aryl methyl sites for hydroxylation is 2. The van der Waals surface area contributed by atoms with Gasteiger partial charge in [0, 0.05) is 67.7 Å². The number of nitrogens with one attached hydrogen (secondary N) is 2. The van der Waals surface area contributed by atoms with Crippen LogP contribution in [0.1, 0.15) is 31.9 Å². The summed E-state index contributed by atoms with van der Waals surface area (Å²) in [5, 5.41) is 11.3. The molecule has 2 aliphatic rings. The summed E-state index contributed by atoms with van der Waals surface area (Å²) < 4.78 is 17.2. The number of nitrogens with zero attached hydrogens (tertiary/aromatic N) is 7. The lowest BCUT2D eigenvalue weighted by Crippen LogP contribution is -2.59. The maximum Gasteiger partial charge on any atom is 0.246 e. The summed E-state index contributed by atoms with van der Waals surface area (Å²) >= 11 is 0. The molecule has 2 aliphatic heterocycles. The van der Waals surface area contributed by atoms with Gasteiger partial charge >= 0.3 is 0 Å². The van der Waals surface area contributed by atoms with Gasteiger partial charge in [-0.1, -0.05) is 12.6 Å². The average molecular weight is 614 g/mol. The van der Waals surface area contributed by atoms with Gasteiger partial charge in [0.05, 0.1) is 10.9 Å². The highest BCUT2D eigenvalue weighted by Gasteiger charge is 2.36. The standard InChI is InChI=1S/C33H40FN9O2/c1-9-25(45)42-13-20(5)43(14-19(42)4)32-23-12-18(3)27(26-17(2)10-11-24-28(26)31(39-38-24)35-21(6)44)29(34)30(23)36-33(37-32)41-15-22(16-41)40(7)8/h9-12,19-20,22H,1,13-16H2,2-8H3,(H2,35,38,39,44)/t19-,20+/m1/s1. The Kier molecular flexibility index (Phi) is 7.72. The van der Waals surface area contributed by atoms with E-state index in [2.05, 4.69) is 43.7 Å². The number of aromatic nitrogens is 4. The van der Waals surface area contributed by atoms with Gasteiger partial charge in [-0.3, -0.25) is 14.7 Å². The van der Waals surface area contributed by atoms with Gasteiger partial charge in [-0.2, -0.15) is 10.1 Å². The molecule has 236 valence electrons. The topological polar surface area (TPSA) is 114 Å². The number of carbonyl (C=O) groups excluding carboxylic acids is 2. The number of rotatable bonds is 6. The summed E-state index contributed by atoms with van der Waals surface area (Å²) in [6.45, 7) is 15.5. The zero-order valence-electron chi connectivity index (χ0n) is 26.9. The lowest BCUT2D eigenvalue weighted by Gasteiger charge is -2.45. The van der Waals surface area contributed by atoms with E-state index in [9.17, 15) is 9.59 Å². The van der Waals surface area contributed by atoms with Gasteiger partial charge < -0.3 is 24.9 Å². The zero-order chi connectivity index (χ0) is 32.3. The summed E-state index contributed by atoms with van der Waals surface area (Å²) in [5.41, 5.74) is 3.53. The second-order valence-electron chi connectivity index (χ2n) is 12.6. The van der Waals surface area contributed by atoms with Crippen LogP contribution in [0.2, 0.25) is 0 Å². The van der Waals surface area contributed by atoms with E-state index in [0.29, 0.717) is 69.7 Å². The Morgan fingerprint density at radius 1 is 1.07 bits per heavy atom. The number of benzene rings is 2. The molecule has 0 bridgehead atoms. The van der Waals surface area contributed by atoms with Crippen molar-refractivity contribution >= 4 is 51.2 Å². The molecule has 4 heterocycles. The van der Waals surface area contributed by atoms with E-state index < -0.39 is 5.82 Å². The molecule has 12 heteroatoms. The minimum absolute atomic E-state index is 0.0767. The number of hydrogen-bond donors (Lipinski definition) is 2. The van der Waals surface area contributed by atoms with Gasteiger partial charge in [0.15, 0.2) is 11.6 Å². The second kappa shape index (κ2) is 11.4. The molecular weight excluding hydrogens is 573 g/mol. The molecule has 2 saturated heterocycles. The number of fused-ring (bicyclic) bond motifs is 2. The first-order valence-corrected chi connectivity index (χ1v) is 15.3. The fraction of sp³-hybridized carbons (Fsp3) is 0.424. The third-order valence-electron chi connectivity index (χ3n) is 9.17. The Morgan fingerprint density at radius 2 is 1.80 bits per heavy atom. The summed E-state index contributed by atoms with van der Waals surface area (Å²) in [5.74, 6) is 0.657. The van der Waals surface area contributed by atoms with Crippen LogP contribution in [0.15, 0.2) is 30.9 Å². The van der Waals surface area contributed by atoms with Crippen molar-refractivity contribution in [2.45, 2.75) is 52.7 Å². The van der Waals surface area contributed by atoms with Crippen LogP contribution in [0.4, 0.5) is 22.0 Å². The van der Waals surface area contributed by atoms with E-state index in [1.165, 1.54) is 13.0 Å². The van der Waals surface area contributed by atoms with E-state index in [1.807, 2.05) is 58.0 Å². The predicted octanol–water partition coefficient (Wildman–Crippen LogP) is 4.25. The van der Waals surface area contributed by atoms with Crippen LogP contribution in [0.5, 0.6) is 0 Å². The summed E-state index contributed by atoms with van der Waals surface area (Å²) in [7, 11) is 4.09. The SMILES string of the molecule is C=CC(=O)N1C[C@H](C)N(c2nc(N3CC(N(C)C)C3)nc3c(F)c(-c4c(C)ccc5[nH]nc(NC(C)=O)c45)c(C)cc23)C[C@H]1C. The molecule has 2 aromatic carbocycles. The van der Waals surface area contributed by atoms with E-state index in [-0.39, 0.29) is 29.4 Å². The number of halogens is 1. The Labute approximate surface area is 262 Å². The lowest BCUT2D eigenvalue weighted by atomic mass is 9.91. The molecule has 2 aromatic heterocycles. The first-order chi connectivity index (χ1) is 21.4. The van der Waals surface area contributed by atoms with Gasteiger partial charge in [0.1, 0.15) is 11.3 Å². The smallest absolute Gasteiger partial charge is 0.246 e. The summed E-state index contributed by atoms with van der Waals surface area (Å²) in [6.07, 6.45) is 1.35. The first-order valence-electron chi connectivity index (χ1n) is 15.3. The van der Waals surface area contributed by atoms with Crippen molar-refractivity contribution in [1.29, 1.82) is 0 Å². The molecule has 45 heavy (non-hydrogen) atoms. The fourth-order valence-corrected chi connectivity index (χ4v) is 6.58.